The summed E-state index contributed by atoms with van der Waals surface area (Å²) in [5.41, 5.74) is 0.367. The number of benzene rings is 1. The Morgan fingerprint density at radius 1 is 1.35 bits per heavy atom. The van der Waals surface area contributed by atoms with Gasteiger partial charge in [-0.3, -0.25) is 0 Å². The van der Waals surface area contributed by atoms with Gasteiger partial charge in [0.05, 0.1) is 6.61 Å². The zero-order chi connectivity index (χ0) is 15.2. The van der Waals surface area contributed by atoms with E-state index in [4.69, 9.17) is 0 Å². The summed E-state index contributed by atoms with van der Waals surface area (Å²) in [6.45, 7) is 1.57. The van der Waals surface area contributed by atoms with E-state index in [-0.39, 0.29) is 13.0 Å². The summed E-state index contributed by atoms with van der Waals surface area (Å²) in [6.07, 6.45) is -3.91. The van der Waals surface area contributed by atoms with E-state index in [1.165, 1.54) is 19.1 Å². The third kappa shape index (κ3) is 5.73. The Morgan fingerprint density at radius 2 is 2.05 bits per heavy atom. The maximum Gasteiger partial charge on any atom is 0.573 e. The molecule has 0 radical (unpaired) electrons. The molecule has 0 aliphatic heterocycles. The van der Waals surface area contributed by atoms with Crippen molar-refractivity contribution < 1.29 is 31.8 Å². The first-order valence-electron chi connectivity index (χ1n) is 5.69. The second kappa shape index (κ2) is 6.93. The number of allylic oxidation sites excluding steroid dienone is 1. The zero-order valence-electron chi connectivity index (χ0n) is 10.5. The average molecular weight is 292 g/mol. The van der Waals surface area contributed by atoms with E-state index in [0.29, 0.717) is 5.56 Å². The molecular weight excluding hydrogens is 280 g/mol. The van der Waals surface area contributed by atoms with Crippen molar-refractivity contribution in [1.82, 2.24) is 0 Å². The monoisotopic (exact) mass is 292 g/mol. The van der Waals surface area contributed by atoms with Crippen LogP contribution >= 0.6 is 0 Å². The number of hydrogen-bond acceptors (Lipinski definition) is 3. The first-order chi connectivity index (χ1) is 9.31. The van der Waals surface area contributed by atoms with Crippen molar-refractivity contribution in [3.63, 3.8) is 0 Å². The predicted octanol–water partition coefficient (Wildman–Crippen LogP) is 3.54. The van der Waals surface area contributed by atoms with Crippen LogP contribution in [0.15, 0.2) is 36.2 Å². The second-order valence-corrected chi connectivity index (χ2v) is 3.67. The van der Waals surface area contributed by atoms with Crippen molar-refractivity contribution in [3.05, 3.63) is 41.7 Å². The maximum atomic E-state index is 13.2. The van der Waals surface area contributed by atoms with Gasteiger partial charge in [-0.05, 0) is 37.1 Å². The summed E-state index contributed by atoms with van der Waals surface area (Å²) < 4.78 is 57.4. The summed E-state index contributed by atoms with van der Waals surface area (Å²) in [5.74, 6) is -2.59. The highest BCUT2D eigenvalue weighted by molar-refractivity contribution is 5.85. The number of carbonyl (C=O) groups excluding carboxylic acids is 1. The molecule has 3 nitrogen and oxygen atoms in total. The van der Waals surface area contributed by atoms with Crippen LogP contribution in [0, 0.1) is 0 Å². The van der Waals surface area contributed by atoms with Crippen LogP contribution in [0.25, 0.3) is 0 Å². The molecule has 0 atom stereocenters. The Bertz CT molecular complexity index is 495. The summed E-state index contributed by atoms with van der Waals surface area (Å²) in [4.78, 5) is 11.0. The molecule has 7 heteroatoms. The van der Waals surface area contributed by atoms with Gasteiger partial charge < -0.3 is 9.47 Å². The quantitative estimate of drug-likeness (QED) is 0.473. The number of carbonyl (C=O) groups is 1. The van der Waals surface area contributed by atoms with E-state index < -0.39 is 23.9 Å². The van der Waals surface area contributed by atoms with Gasteiger partial charge >= 0.3 is 12.3 Å². The largest absolute Gasteiger partial charge is 0.573 e. The molecule has 0 spiro atoms. The van der Waals surface area contributed by atoms with Crippen molar-refractivity contribution in [2.24, 2.45) is 0 Å². The standard InChI is InChI=1S/C13H12F4O3/c1-2-19-12(18)11(14)7-6-9-4-3-5-10(8-9)20-13(15,16)17/h3-5,7-8H,2,6H2,1H3. The van der Waals surface area contributed by atoms with E-state index in [9.17, 15) is 22.4 Å². The van der Waals surface area contributed by atoms with Crippen LogP contribution in [-0.2, 0) is 16.0 Å². The third-order valence-electron chi connectivity index (χ3n) is 2.12. The molecule has 0 amide bonds. The van der Waals surface area contributed by atoms with Crippen molar-refractivity contribution >= 4 is 5.97 Å². The fourth-order valence-corrected chi connectivity index (χ4v) is 1.36. The van der Waals surface area contributed by atoms with Gasteiger partial charge in [-0.2, -0.15) is 4.39 Å². The molecule has 20 heavy (non-hydrogen) atoms. The molecule has 0 N–H and O–H groups in total. The Kier molecular flexibility index (Phi) is 5.54. The lowest BCUT2D eigenvalue weighted by Crippen LogP contribution is -2.17. The third-order valence-corrected chi connectivity index (χ3v) is 2.12. The van der Waals surface area contributed by atoms with Crippen LogP contribution < -0.4 is 4.74 Å². The molecule has 0 heterocycles. The number of alkyl halides is 3. The van der Waals surface area contributed by atoms with Crippen LogP contribution in [0.3, 0.4) is 0 Å². The lowest BCUT2D eigenvalue weighted by molar-refractivity contribution is -0.274. The Hall–Kier alpha value is -2.05. The number of esters is 1. The minimum atomic E-state index is -4.79. The molecule has 0 bridgehead atoms. The normalized spacial score (nSPS) is 12.2. The van der Waals surface area contributed by atoms with Crippen LogP contribution in [0.5, 0.6) is 5.75 Å². The molecule has 0 unspecified atom stereocenters. The van der Waals surface area contributed by atoms with Gasteiger partial charge in [-0.1, -0.05) is 12.1 Å². The predicted molar refractivity (Wildman–Crippen MR) is 62.7 cm³/mol. The molecule has 0 aliphatic carbocycles. The maximum absolute atomic E-state index is 13.2. The molecule has 0 saturated carbocycles. The van der Waals surface area contributed by atoms with E-state index in [2.05, 4.69) is 9.47 Å². The van der Waals surface area contributed by atoms with Gasteiger partial charge in [0.2, 0.25) is 5.83 Å². The SMILES string of the molecule is CCOC(=O)C(F)=CCc1cccc(OC(F)(F)F)c1. The lowest BCUT2D eigenvalue weighted by Gasteiger charge is -2.09. The Labute approximate surface area is 112 Å². The lowest BCUT2D eigenvalue weighted by atomic mass is 10.1. The highest BCUT2D eigenvalue weighted by Gasteiger charge is 2.31. The average Bonchev–Trinajstić information content (AvgIpc) is 2.34. The molecule has 0 aliphatic rings. The van der Waals surface area contributed by atoms with Crippen LogP contribution in [0.4, 0.5) is 17.6 Å². The molecular formula is C13H12F4O3. The van der Waals surface area contributed by atoms with E-state index in [1.54, 1.807) is 0 Å². The fourth-order valence-electron chi connectivity index (χ4n) is 1.36. The van der Waals surface area contributed by atoms with E-state index >= 15 is 0 Å². The molecule has 0 aromatic heterocycles. The Balaban J connectivity index is 2.71. The summed E-state index contributed by atoms with van der Waals surface area (Å²) in [7, 11) is 0. The molecule has 1 aromatic carbocycles. The molecule has 0 saturated heterocycles. The van der Waals surface area contributed by atoms with Crippen LogP contribution in [-0.4, -0.2) is 18.9 Å². The second-order valence-electron chi connectivity index (χ2n) is 3.67. The number of ether oxygens (including phenoxy) is 2. The number of halogens is 4. The van der Waals surface area contributed by atoms with Crippen molar-refractivity contribution in [1.29, 1.82) is 0 Å². The van der Waals surface area contributed by atoms with Crippen molar-refractivity contribution in [3.8, 4) is 5.75 Å². The van der Waals surface area contributed by atoms with Crippen molar-refractivity contribution in [2.45, 2.75) is 19.7 Å². The highest BCUT2D eigenvalue weighted by atomic mass is 19.4. The van der Waals surface area contributed by atoms with Gasteiger partial charge in [0, 0.05) is 0 Å². The summed E-state index contributed by atoms with van der Waals surface area (Å²) in [5, 5.41) is 0. The summed E-state index contributed by atoms with van der Waals surface area (Å²) >= 11 is 0. The Morgan fingerprint density at radius 3 is 2.65 bits per heavy atom. The number of hydrogen-bond donors (Lipinski definition) is 0. The topological polar surface area (TPSA) is 35.5 Å². The fraction of sp³-hybridized carbons (Fsp3) is 0.308. The van der Waals surface area contributed by atoms with Gasteiger partial charge in [-0.15, -0.1) is 13.2 Å². The molecule has 1 aromatic rings. The van der Waals surface area contributed by atoms with Gasteiger partial charge in [0.25, 0.3) is 0 Å². The molecule has 1 rings (SSSR count). The highest BCUT2D eigenvalue weighted by Crippen LogP contribution is 2.23. The molecule has 0 fully saturated rings. The minimum Gasteiger partial charge on any atom is -0.461 e. The first-order valence-corrected chi connectivity index (χ1v) is 5.69. The van der Waals surface area contributed by atoms with E-state index in [1.807, 2.05) is 0 Å². The molecule has 110 valence electrons. The first kappa shape index (κ1) is 16.0. The van der Waals surface area contributed by atoms with Crippen LogP contribution in [0.1, 0.15) is 12.5 Å². The number of rotatable bonds is 5. The van der Waals surface area contributed by atoms with Crippen LogP contribution in [0.2, 0.25) is 0 Å². The summed E-state index contributed by atoms with van der Waals surface area (Å²) in [6, 6.07) is 5.06. The zero-order valence-corrected chi connectivity index (χ0v) is 10.5. The smallest absolute Gasteiger partial charge is 0.461 e. The van der Waals surface area contributed by atoms with Crippen molar-refractivity contribution in [2.75, 3.05) is 6.61 Å². The van der Waals surface area contributed by atoms with Gasteiger partial charge in [0.15, 0.2) is 0 Å². The van der Waals surface area contributed by atoms with E-state index in [0.717, 1.165) is 18.2 Å². The van der Waals surface area contributed by atoms with Gasteiger partial charge in [-0.25, -0.2) is 4.79 Å². The van der Waals surface area contributed by atoms with Gasteiger partial charge in [0.1, 0.15) is 5.75 Å². The minimum absolute atomic E-state index is 0.0367.